The van der Waals surface area contributed by atoms with Gasteiger partial charge in [-0.1, -0.05) is 47.6 Å². The van der Waals surface area contributed by atoms with Crippen molar-refractivity contribution in [2.24, 2.45) is 0 Å². The molecule has 0 saturated carbocycles. The van der Waals surface area contributed by atoms with Crippen LogP contribution in [0.2, 0.25) is 0 Å². The quantitative estimate of drug-likeness (QED) is 0.483. The van der Waals surface area contributed by atoms with Gasteiger partial charge in [0.2, 0.25) is 11.8 Å². The van der Waals surface area contributed by atoms with Crippen LogP contribution in [0, 0.1) is 6.92 Å². The van der Waals surface area contributed by atoms with Gasteiger partial charge in [0, 0.05) is 6.54 Å². The molecule has 1 amide bonds. The fourth-order valence-electron chi connectivity index (χ4n) is 3.39. The van der Waals surface area contributed by atoms with Crippen molar-refractivity contribution in [2.75, 3.05) is 6.54 Å². The fourth-order valence-corrected chi connectivity index (χ4v) is 3.39. The minimum Gasteiger partial charge on any atom is -0.354 e. The number of aryl methyl sites for hydroxylation is 1. The Bertz CT molecular complexity index is 1340. The molecule has 9 nitrogen and oxygen atoms in total. The van der Waals surface area contributed by atoms with Gasteiger partial charge < -0.3 is 9.84 Å². The van der Waals surface area contributed by atoms with Gasteiger partial charge in [0.15, 0.2) is 5.82 Å². The maximum atomic E-state index is 13.1. The van der Waals surface area contributed by atoms with E-state index in [0.29, 0.717) is 29.7 Å². The van der Waals surface area contributed by atoms with Gasteiger partial charge in [0.25, 0.3) is 5.56 Å². The predicted octanol–water partition coefficient (Wildman–Crippen LogP) is 1.26. The number of fused-ring (bicyclic) bond motifs is 1. The molecule has 0 aliphatic carbocycles. The van der Waals surface area contributed by atoms with Gasteiger partial charge in [0.1, 0.15) is 13.1 Å². The molecule has 9 heteroatoms. The third kappa shape index (κ3) is 4.45. The number of para-hydroxylation sites is 1. The topological polar surface area (TPSA) is 112 Å². The Balaban J connectivity index is 1.61. The summed E-state index contributed by atoms with van der Waals surface area (Å²) in [5.41, 5.74) is 0.414. The van der Waals surface area contributed by atoms with Crippen molar-refractivity contribution in [3.05, 3.63) is 92.7 Å². The average molecular weight is 419 g/mol. The summed E-state index contributed by atoms with van der Waals surface area (Å²) in [6.45, 7) is 1.71. The van der Waals surface area contributed by atoms with Gasteiger partial charge in [0.05, 0.1) is 10.9 Å². The Morgan fingerprint density at radius 1 is 1.03 bits per heavy atom. The molecule has 4 rings (SSSR count). The fraction of sp³-hybridized carbons (Fsp3) is 0.227. The molecule has 4 aromatic rings. The Morgan fingerprint density at radius 2 is 1.77 bits per heavy atom. The molecule has 0 saturated heterocycles. The van der Waals surface area contributed by atoms with Gasteiger partial charge in [-0.2, -0.15) is 4.98 Å². The summed E-state index contributed by atoms with van der Waals surface area (Å²) < 4.78 is 7.35. The molecule has 0 aliphatic heterocycles. The lowest BCUT2D eigenvalue weighted by molar-refractivity contribution is -0.121. The van der Waals surface area contributed by atoms with Crippen LogP contribution in [0.1, 0.15) is 17.3 Å². The van der Waals surface area contributed by atoms with Crippen LogP contribution in [0.4, 0.5) is 0 Å². The van der Waals surface area contributed by atoms with Crippen LogP contribution in [0.5, 0.6) is 0 Å². The van der Waals surface area contributed by atoms with Crippen molar-refractivity contribution < 1.29 is 9.32 Å². The number of benzene rings is 2. The number of carbonyl (C=O) groups is 1. The van der Waals surface area contributed by atoms with Crippen molar-refractivity contribution >= 4 is 16.8 Å². The number of rotatable bonds is 7. The largest absolute Gasteiger partial charge is 0.354 e. The first-order valence-corrected chi connectivity index (χ1v) is 9.85. The van der Waals surface area contributed by atoms with Crippen molar-refractivity contribution in [3.8, 4) is 0 Å². The zero-order chi connectivity index (χ0) is 21.8. The molecule has 0 aliphatic rings. The van der Waals surface area contributed by atoms with E-state index < -0.39 is 11.2 Å². The van der Waals surface area contributed by atoms with E-state index in [2.05, 4.69) is 15.5 Å². The molecule has 0 atom stereocenters. The van der Waals surface area contributed by atoms with Crippen LogP contribution >= 0.6 is 0 Å². The first-order valence-electron chi connectivity index (χ1n) is 9.85. The lowest BCUT2D eigenvalue weighted by Crippen LogP contribution is -2.43. The standard InChI is InChI=1S/C22H21N5O4/c1-15-24-20(31-25-15)14-27-21(29)17-9-5-6-10-18(17)26(22(27)30)13-19(28)23-12-11-16-7-3-2-4-8-16/h2-10H,11-14H2,1H3,(H,23,28). The molecule has 1 N–H and O–H groups in total. The summed E-state index contributed by atoms with van der Waals surface area (Å²) in [5.74, 6) is 0.231. The molecular weight excluding hydrogens is 398 g/mol. The SMILES string of the molecule is Cc1noc(Cn2c(=O)c3ccccc3n(CC(=O)NCCc3ccccc3)c2=O)n1. The second kappa shape index (κ2) is 8.78. The summed E-state index contributed by atoms with van der Waals surface area (Å²) in [4.78, 5) is 42.6. The van der Waals surface area contributed by atoms with Crippen molar-refractivity contribution in [1.82, 2.24) is 24.6 Å². The third-order valence-corrected chi connectivity index (χ3v) is 4.88. The van der Waals surface area contributed by atoms with Gasteiger partial charge in [-0.3, -0.25) is 18.7 Å². The smallest absolute Gasteiger partial charge is 0.332 e. The van der Waals surface area contributed by atoms with Crippen LogP contribution in [0.15, 0.2) is 68.7 Å². The van der Waals surface area contributed by atoms with E-state index in [1.54, 1.807) is 31.2 Å². The zero-order valence-electron chi connectivity index (χ0n) is 16.9. The Kier molecular flexibility index (Phi) is 5.74. The summed E-state index contributed by atoms with van der Waals surface area (Å²) in [6, 6.07) is 16.5. The van der Waals surface area contributed by atoms with Gasteiger partial charge >= 0.3 is 5.69 Å². The molecule has 2 aromatic carbocycles. The number of nitrogens with one attached hydrogen (secondary N) is 1. The molecule has 2 aromatic heterocycles. The molecule has 0 unspecified atom stereocenters. The normalized spacial score (nSPS) is 11.0. The zero-order valence-corrected chi connectivity index (χ0v) is 16.9. The van der Waals surface area contributed by atoms with E-state index in [1.807, 2.05) is 30.3 Å². The maximum absolute atomic E-state index is 13.1. The van der Waals surface area contributed by atoms with Crippen molar-refractivity contribution in [3.63, 3.8) is 0 Å². The molecule has 0 radical (unpaired) electrons. The number of aromatic nitrogens is 4. The molecule has 0 spiro atoms. The molecular formula is C22H21N5O4. The predicted molar refractivity (Wildman–Crippen MR) is 114 cm³/mol. The first kappa shape index (κ1) is 20.3. The minimum absolute atomic E-state index is 0.144. The number of amides is 1. The van der Waals surface area contributed by atoms with E-state index in [4.69, 9.17) is 4.52 Å². The monoisotopic (exact) mass is 419 g/mol. The molecule has 31 heavy (non-hydrogen) atoms. The minimum atomic E-state index is -0.613. The average Bonchev–Trinajstić information content (AvgIpc) is 3.19. The van der Waals surface area contributed by atoms with Crippen LogP contribution in [0.25, 0.3) is 10.9 Å². The van der Waals surface area contributed by atoms with E-state index >= 15 is 0 Å². The highest BCUT2D eigenvalue weighted by atomic mass is 16.5. The summed E-state index contributed by atoms with van der Waals surface area (Å²) in [5, 5.41) is 6.85. The Morgan fingerprint density at radius 3 is 2.52 bits per heavy atom. The maximum Gasteiger partial charge on any atom is 0.332 e. The highest BCUT2D eigenvalue weighted by Crippen LogP contribution is 2.08. The van der Waals surface area contributed by atoms with E-state index in [1.165, 1.54) is 4.57 Å². The van der Waals surface area contributed by atoms with Gasteiger partial charge in [-0.25, -0.2) is 4.79 Å². The summed E-state index contributed by atoms with van der Waals surface area (Å²) >= 11 is 0. The number of carbonyl (C=O) groups excluding carboxylic acids is 1. The Hall–Kier alpha value is -4.01. The highest BCUT2D eigenvalue weighted by Gasteiger charge is 2.17. The van der Waals surface area contributed by atoms with Crippen LogP contribution in [-0.4, -0.2) is 31.7 Å². The lowest BCUT2D eigenvalue weighted by atomic mass is 10.1. The lowest BCUT2D eigenvalue weighted by Gasteiger charge is -2.13. The number of hydrogen-bond donors (Lipinski definition) is 1. The summed E-state index contributed by atoms with van der Waals surface area (Å²) in [7, 11) is 0. The van der Waals surface area contributed by atoms with E-state index in [0.717, 1.165) is 10.1 Å². The van der Waals surface area contributed by atoms with Gasteiger partial charge in [-0.15, -0.1) is 0 Å². The van der Waals surface area contributed by atoms with Crippen LogP contribution < -0.4 is 16.6 Å². The second-order valence-corrected chi connectivity index (χ2v) is 7.10. The van der Waals surface area contributed by atoms with E-state index in [-0.39, 0.29) is 24.9 Å². The summed E-state index contributed by atoms with van der Waals surface area (Å²) in [6.07, 6.45) is 0.679. The molecule has 2 heterocycles. The second-order valence-electron chi connectivity index (χ2n) is 7.10. The van der Waals surface area contributed by atoms with Crippen molar-refractivity contribution in [1.29, 1.82) is 0 Å². The van der Waals surface area contributed by atoms with Crippen LogP contribution in [0.3, 0.4) is 0 Å². The number of hydrogen-bond acceptors (Lipinski definition) is 6. The number of nitrogens with zero attached hydrogens (tertiary/aromatic N) is 4. The van der Waals surface area contributed by atoms with Gasteiger partial charge in [-0.05, 0) is 31.0 Å². The third-order valence-electron chi connectivity index (χ3n) is 4.88. The van der Waals surface area contributed by atoms with Crippen LogP contribution in [-0.2, 0) is 24.3 Å². The molecule has 0 fully saturated rings. The van der Waals surface area contributed by atoms with Crippen molar-refractivity contribution in [2.45, 2.75) is 26.4 Å². The highest BCUT2D eigenvalue weighted by molar-refractivity contribution is 5.81. The molecule has 158 valence electrons. The Labute approximate surface area is 176 Å². The molecule has 0 bridgehead atoms. The first-order chi connectivity index (χ1) is 15.0. The van der Waals surface area contributed by atoms with E-state index in [9.17, 15) is 14.4 Å².